The highest BCUT2D eigenvalue weighted by molar-refractivity contribution is 5.96. The molecule has 2 atom stereocenters. The van der Waals surface area contributed by atoms with Gasteiger partial charge in [-0.3, -0.25) is 10.1 Å². The van der Waals surface area contributed by atoms with E-state index in [1.54, 1.807) is 30.3 Å². The fourth-order valence-electron chi connectivity index (χ4n) is 3.03. The van der Waals surface area contributed by atoms with E-state index in [4.69, 9.17) is 4.74 Å². The van der Waals surface area contributed by atoms with Crippen molar-refractivity contribution >= 4 is 17.6 Å². The van der Waals surface area contributed by atoms with Crippen molar-refractivity contribution in [1.29, 1.82) is 0 Å². The Kier molecular flexibility index (Phi) is 5.73. The number of carboxylic acids is 1. The predicted octanol–water partition coefficient (Wildman–Crippen LogP) is 2.67. The molecule has 0 saturated carbocycles. The summed E-state index contributed by atoms with van der Waals surface area (Å²) in [5.41, 5.74) is 1.55. The van der Waals surface area contributed by atoms with Crippen molar-refractivity contribution in [2.75, 3.05) is 11.9 Å². The quantitative estimate of drug-likeness (QED) is 0.582. The molecule has 1 aliphatic heterocycles. The number of hydrogen-bond donors (Lipinski definition) is 4. The van der Waals surface area contributed by atoms with Gasteiger partial charge in [0.1, 0.15) is 12.0 Å². The van der Waals surface area contributed by atoms with Crippen LogP contribution in [0, 0.1) is 0 Å². The number of ether oxygens (including phenoxy) is 1. The Morgan fingerprint density at radius 2 is 2.04 bits per heavy atom. The Hall–Kier alpha value is -2.90. The molecule has 2 aromatic carbocycles. The molecule has 1 aliphatic rings. The highest BCUT2D eigenvalue weighted by Gasteiger charge is 2.25. The number of amides is 1. The molecule has 7 heteroatoms. The van der Waals surface area contributed by atoms with E-state index in [2.05, 4.69) is 10.6 Å². The van der Waals surface area contributed by atoms with E-state index < -0.39 is 11.9 Å². The van der Waals surface area contributed by atoms with Crippen molar-refractivity contribution < 1.29 is 24.5 Å². The van der Waals surface area contributed by atoms with Crippen LogP contribution in [0.15, 0.2) is 42.5 Å². The molecule has 0 radical (unpaired) electrons. The van der Waals surface area contributed by atoms with E-state index in [1.807, 2.05) is 6.92 Å². The summed E-state index contributed by atoms with van der Waals surface area (Å²) in [6.45, 7) is 2.79. The van der Waals surface area contributed by atoms with Gasteiger partial charge in [-0.1, -0.05) is 31.2 Å². The lowest BCUT2D eigenvalue weighted by atomic mass is 10.0. The molecule has 1 fully saturated rings. The second kappa shape index (κ2) is 8.20. The van der Waals surface area contributed by atoms with Gasteiger partial charge in [0.15, 0.2) is 0 Å². The Labute approximate surface area is 157 Å². The van der Waals surface area contributed by atoms with E-state index in [0.29, 0.717) is 5.56 Å². The summed E-state index contributed by atoms with van der Waals surface area (Å²) in [4.78, 5) is 23.6. The van der Waals surface area contributed by atoms with E-state index >= 15 is 0 Å². The third-order valence-electron chi connectivity index (χ3n) is 4.51. The SMILES string of the molecule is CCC1CNC(c2ccc(O)c(NC(=O)Cc3ccccc3C(=O)O)c2)O1. The molecule has 0 spiro atoms. The monoisotopic (exact) mass is 370 g/mol. The van der Waals surface area contributed by atoms with Crippen LogP contribution in [0.5, 0.6) is 5.75 Å². The first kappa shape index (κ1) is 18.9. The summed E-state index contributed by atoms with van der Waals surface area (Å²) in [5, 5.41) is 25.2. The molecule has 1 heterocycles. The van der Waals surface area contributed by atoms with Gasteiger partial charge in [0.25, 0.3) is 0 Å². The number of aromatic carboxylic acids is 1. The fourth-order valence-corrected chi connectivity index (χ4v) is 3.03. The Morgan fingerprint density at radius 1 is 1.26 bits per heavy atom. The molecule has 7 nitrogen and oxygen atoms in total. The highest BCUT2D eigenvalue weighted by Crippen LogP contribution is 2.30. The van der Waals surface area contributed by atoms with E-state index in [1.165, 1.54) is 12.1 Å². The van der Waals surface area contributed by atoms with E-state index in [9.17, 15) is 19.8 Å². The predicted molar refractivity (Wildman–Crippen MR) is 99.7 cm³/mol. The summed E-state index contributed by atoms with van der Waals surface area (Å²) in [6, 6.07) is 11.2. The number of carboxylic acid groups (broad SMARTS) is 1. The minimum Gasteiger partial charge on any atom is -0.506 e. The molecule has 142 valence electrons. The van der Waals surface area contributed by atoms with Crippen LogP contribution in [0.4, 0.5) is 5.69 Å². The van der Waals surface area contributed by atoms with Crippen molar-refractivity contribution in [3.05, 3.63) is 59.2 Å². The molecule has 4 N–H and O–H groups in total. The number of benzene rings is 2. The molecular formula is C20H22N2O5. The van der Waals surface area contributed by atoms with Crippen molar-refractivity contribution in [2.45, 2.75) is 32.1 Å². The standard InChI is InChI=1S/C20H22N2O5/c1-2-14-11-21-19(27-14)13-7-8-17(23)16(9-13)22-18(24)10-12-5-3-4-6-15(12)20(25)26/h3-9,14,19,21,23H,2,10-11H2,1H3,(H,22,24)(H,25,26). The van der Waals surface area contributed by atoms with Gasteiger partial charge in [0.2, 0.25) is 5.91 Å². The maximum Gasteiger partial charge on any atom is 0.335 e. The second-order valence-electron chi connectivity index (χ2n) is 6.42. The Morgan fingerprint density at radius 3 is 2.74 bits per heavy atom. The van der Waals surface area contributed by atoms with Crippen LogP contribution < -0.4 is 10.6 Å². The lowest BCUT2D eigenvalue weighted by molar-refractivity contribution is -0.115. The fraction of sp³-hybridized carbons (Fsp3) is 0.300. The zero-order chi connectivity index (χ0) is 19.4. The average molecular weight is 370 g/mol. The smallest absolute Gasteiger partial charge is 0.335 e. The number of carbonyl (C=O) groups excluding carboxylic acids is 1. The Bertz CT molecular complexity index is 852. The number of rotatable bonds is 6. The van der Waals surface area contributed by atoms with Gasteiger partial charge in [-0.15, -0.1) is 0 Å². The maximum atomic E-state index is 12.4. The van der Waals surface area contributed by atoms with Gasteiger partial charge < -0.3 is 20.3 Å². The molecule has 3 rings (SSSR count). The molecule has 0 aliphatic carbocycles. The first-order valence-electron chi connectivity index (χ1n) is 8.80. The lowest BCUT2D eigenvalue weighted by Crippen LogP contribution is -2.18. The van der Waals surface area contributed by atoms with Crippen LogP contribution >= 0.6 is 0 Å². The van der Waals surface area contributed by atoms with Gasteiger partial charge in [-0.25, -0.2) is 4.79 Å². The van der Waals surface area contributed by atoms with Gasteiger partial charge in [0.05, 0.1) is 23.8 Å². The third kappa shape index (κ3) is 4.45. The number of aromatic hydroxyl groups is 1. The summed E-state index contributed by atoms with van der Waals surface area (Å²) in [5.74, 6) is -1.57. The summed E-state index contributed by atoms with van der Waals surface area (Å²) in [6.07, 6.45) is 0.629. The summed E-state index contributed by atoms with van der Waals surface area (Å²) in [7, 11) is 0. The highest BCUT2D eigenvalue weighted by atomic mass is 16.5. The average Bonchev–Trinajstić information content (AvgIpc) is 3.13. The van der Waals surface area contributed by atoms with E-state index in [0.717, 1.165) is 18.5 Å². The largest absolute Gasteiger partial charge is 0.506 e. The van der Waals surface area contributed by atoms with Gasteiger partial charge >= 0.3 is 5.97 Å². The molecular weight excluding hydrogens is 348 g/mol. The Balaban J connectivity index is 1.73. The number of anilines is 1. The normalized spacial score (nSPS) is 19.0. The van der Waals surface area contributed by atoms with Crippen LogP contribution in [0.3, 0.4) is 0 Å². The number of phenols is 1. The van der Waals surface area contributed by atoms with Crippen molar-refractivity contribution in [1.82, 2.24) is 5.32 Å². The zero-order valence-electron chi connectivity index (χ0n) is 14.9. The molecule has 2 aromatic rings. The van der Waals surface area contributed by atoms with Crippen molar-refractivity contribution in [3.63, 3.8) is 0 Å². The van der Waals surface area contributed by atoms with Crippen LogP contribution in [0.1, 0.15) is 41.1 Å². The summed E-state index contributed by atoms with van der Waals surface area (Å²) < 4.78 is 5.86. The first-order valence-corrected chi connectivity index (χ1v) is 8.80. The van der Waals surface area contributed by atoms with Gasteiger partial charge in [-0.05, 0) is 35.7 Å². The molecule has 1 amide bonds. The molecule has 2 unspecified atom stereocenters. The number of hydrogen-bond acceptors (Lipinski definition) is 5. The van der Waals surface area contributed by atoms with Crippen LogP contribution in [0.2, 0.25) is 0 Å². The van der Waals surface area contributed by atoms with Crippen LogP contribution in [0.25, 0.3) is 0 Å². The summed E-state index contributed by atoms with van der Waals surface area (Å²) >= 11 is 0. The second-order valence-corrected chi connectivity index (χ2v) is 6.42. The first-order chi connectivity index (χ1) is 13.0. The molecule has 0 aromatic heterocycles. The lowest BCUT2D eigenvalue weighted by Gasteiger charge is -2.15. The van der Waals surface area contributed by atoms with Gasteiger partial charge in [-0.2, -0.15) is 0 Å². The number of phenolic OH excluding ortho intramolecular Hbond substituents is 1. The topological polar surface area (TPSA) is 108 Å². The number of nitrogens with one attached hydrogen (secondary N) is 2. The molecule has 0 bridgehead atoms. The van der Waals surface area contributed by atoms with Crippen LogP contribution in [-0.4, -0.2) is 34.7 Å². The number of carbonyl (C=O) groups is 2. The van der Waals surface area contributed by atoms with Crippen molar-refractivity contribution in [2.24, 2.45) is 0 Å². The zero-order valence-corrected chi connectivity index (χ0v) is 14.9. The molecule has 1 saturated heterocycles. The van der Waals surface area contributed by atoms with Crippen molar-refractivity contribution in [3.8, 4) is 5.75 Å². The minimum atomic E-state index is -1.09. The molecule has 27 heavy (non-hydrogen) atoms. The third-order valence-corrected chi connectivity index (χ3v) is 4.51. The van der Waals surface area contributed by atoms with E-state index in [-0.39, 0.29) is 35.8 Å². The van der Waals surface area contributed by atoms with Gasteiger partial charge in [0, 0.05) is 6.54 Å². The van der Waals surface area contributed by atoms with Crippen LogP contribution in [-0.2, 0) is 16.0 Å². The maximum absolute atomic E-state index is 12.4. The minimum absolute atomic E-state index is 0.0661.